The smallest absolute Gasteiger partial charge is 0.421 e. The van der Waals surface area contributed by atoms with Crippen LogP contribution in [0.25, 0.3) is 0 Å². The highest BCUT2D eigenvalue weighted by Gasteiger charge is 2.62. The van der Waals surface area contributed by atoms with Crippen molar-refractivity contribution in [1.82, 2.24) is 4.98 Å². The number of allylic oxidation sites excluding steroid dienone is 1. The second-order valence-corrected chi connectivity index (χ2v) is 11.0. The maximum Gasteiger partial charge on any atom is 0.421 e. The molecule has 10 heteroatoms. The summed E-state index contributed by atoms with van der Waals surface area (Å²) in [6, 6.07) is 10.8. The summed E-state index contributed by atoms with van der Waals surface area (Å²) in [5.41, 5.74) is -2.48. The lowest BCUT2D eigenvalue weighted by molar-refractivity contribution is -0.138. The van der Waals surface area contributed by atoms with Crippen molar-refractivity contribution in [3.63, 3.8) is 0 Å². The van der Waals surface area contributed by atoms with Gasteiger partial charge in [0.2, 0.25) is 9.84 Å². The van der Waals surface area contributed by atoms with E-state index >= 15 is 0 Å². The highest BCUT2D eigenvalue weighted by molar-refractivity contribution is 7.95. The van der Waals surface area contributed by atoms with Crippen LogP contribution in [0.15, 0.2) is 75.8 Å². The molecule has 2 heterocycles. The average molecular weight is 497 g/mol. The molecule has 1 atom stereocenters. The SMILES string of the molecule is COC(=O)C1=CC(S(=O)(=O)c2ccccn2)=C(C)[C@]12C(=O)N(C(=O)OC(C)(C)C)c1ccccc12. The summed E-state index contributed by atoms with van der Waals surface area (Å²) >= 11 is 0. The molecule has 2 aromatic rings. The minimum absolute atomic E-state index is 0.0621. The van der Waals surface area contributed by atoms with Gasteiger partial charge in [-0.2, -0.15) is 0 Å². The van der Waals surface area contributed by atoms with E-state index in [9.17, 15) is 22.8 Å². The molecule has 0 saturated carbocycles. The molecule has 9 nitrogen and oxygen atoms in total. The number of benzene rings is 1. The van der Waals surface area contributed by atoms with Crippen LogP contribution in [0.1, 0.15) is 33.3 Å². The van der Waals surface area contributed by atoms with Gasteiger partial charge in [-0.3, -0.25) is 4.79 Å². The highest BCUT2D eigenvalue weighted by atomic mass is 32.2. The quantitative estimate of drug-likeness (QED) is 0.593. The number of para-hydroxylation sites is 1. The van der Waals surface area contributed by atoms with Gasteiger partial charge in [0.05, 0.1) is 23.3 Å². The van der Waals surface area contributed by atoms with Crippen molar-refractivity contribution in [2.45, 2.75) is 43.7 Å². The number of hydrogen-bond acceptors (Lipinski definition) is 8. The molecule has 35 heavy (non-hydrogen) atoms. The molecule has 1 aromatic carbocycles. The van der Waals surface area contributed by atoms with Crippen molar-refractivity contribution in [3.8, 4) is 0 Å². The molecule has 0 unspecified atom stereocenters. The van der Waals surface area contributed by atoms with E-state index in [-0.39, 0.29) is 32.3 Å². The van der Waals surface area contributed by atoms with Crippen molar-refractivity contribution in [2.24, 2.45) is 0 Å². The zero-order valence-electron chi connectivity index (χ0n) is 19.9. The topological polar surface area (TPSA) is 120 Å². The number of carbonyl (C=O) groups excluding carboxylic acids is 3. The van der Waals surface area contributed by atoms with Gasteiger partial charge in [-0.25, -0.2) is 27.9 Å². The Morgan fingerprint density at radius 2 is 1.71 bits per heavy atom. The van der Waals surface area contributed by atoms with E-state index in [1.807, 2.05) is 0 Å². The van der Waals surface area contributed by atoms with Crippen molar-refractivity contribution < 1.29 is 32.3 Å². The molecule has 0 fully saturated rings. The number of esters is 1. The Morgan fingerprint density at radius 1 is 1.06 bits per heavy atom. The third kappa shape index (κ3) is 3.56. The fourth-order valence-electron chi connectivity index (χ4n) is 4.44. The third-order valence-electron chi connectivity index (χ3n) is 5.87. The Hall–Kier alpha value is -3.79. The third-order valence-corrected chi connectivity index (χ3v) is 7.66. The van der Waals surface area contributed by atoms with Crippen LogP contribution in [-0.2, 0) is 34.3 Å². The van der Waals surface area contributed by atoms with E-state index in [1.54, 1.807) is 51.1 Å². The first-order valence-electron chi connectivity index (χ1n) is 10.7. The van der Waals surface area contributed by atoms with E-state index in [0.29, 0.717) is 0 Å². The average Bonchev–Trinajstić information content (AvgIpc) is 3.26. The lowest BCUT2D eigenvalue weighted by Crippen LogP contribution is -2.47. The molecule has 4 rings (SSSR count). The van der Waals surface area contributed by atoms with Gasteiger partial charge in [0, 0.05) is 11.8 Å². The number of sulfone groups is 1. The van der Waals surface area contributed by atoms with Gasteiger partial charge in [-0.1, -0.05) is 24.3 Å². The van der Waals surface area contributed by atoms with Gasteiger partial charge in [-0.05, 0) is 57.5 Å². The number of ether oxygens (including phenoxy) is 2. The molecule has 1 aliphatic heterocycles. The summed E-state index contributed by atoms with van der Waals surface area (Å²) in [6.07, 6.45) is 1.53. The van der Waals surface area contributed by atoms with Gasteiger partial charge in [0.1, 0.15) is 11.0 Å². The Labute approximate surface area is 203 Å². The largest absolute Gasteiger partial charge is 0.466 e. The van der Waals surface area contributed by atoms with E-state index in [2.05, 4.69) is 4.98 Å². The molecule has 1 spiro atoms. The molecule has 1 aliphatic carbocycles. The summed E-state index contributed by atoms with van der Waals surface area (Å²) in [7, 11) is -3.09. The number of anilines is 1. The van der Waals surface area contributed by atoms with E-state index in [0.717, 1.165) is 18.1 Å². The van der Waals surface area contributed by atoms with Crippen LogP contribution in [-0.4, -0.2) is 44.1 Å². The maximum atomic E-state index is 14.1. The number of imide groups is 1. The predicted octanol–water partition coefficient (Wildman–Crippen LogP) is 3.46. The van der Waals surface area contributed by atoms with Gasteiger partial charge in [-0.15, -0.1) is 0 Å². The lowest BCUT2D eigenvalue weighted by Gasteiger charge is -2.28. The summed E-state index contributed by atoms with van der Waals surface area (Å²) in [6.45, 7) is 6.43. The van der Waals surface area contributed by atoms with Gasteiger partial charge < -0.3 is 9.47 Å². The van der Waals surface area contributed by atoms with E-state index in [1.165, 1.54) is 25.3 Å². The number of nitrogens with zero attached hydrogens (tertiary/aromatic N) is 2. The molecule has 2 amide bonds. The van der Waals surface area contributed by atoms with Gasteiger partial charge in [0.15, 0.2) is 5.03 Å². The second kappa shape index (κ2) is 8.16. The number of carbonyl (C=O) groups is 3. The Balaban J connectivity index is 2.01. The summed E-state index contributed by atoms with van der Waals surface area (Å²) in [5.74, 6) is -1.72. The van der Waals surface area contributed by atoms with Gasteiger partial charge >= 0.3 is 12.1 Å². The first-order chi connectivity index (χ1) is 16.4. The number of methoxy groups -OCH3 is 1. The molecule has 0 N–H and O–H groups in total. The number of aromatic nitrogens is 1. The maximum absolute atomic E-state index is 14.1. The monoisotopic (exact) mass is 496 g/mol. The van der Waals surface area contributed by atoms with Crippen LogP contribution >= 0.6 is 0 Å². The van der Waals surface area contributed by atoms with Crippen molar-refractivity contribution in [2.75, 3.05) is 12.0 Å². The fourth-order valence-corrected chi connectivity index (χ4v) is 5.96. The summed E-state index contributed by atoms with van der Waals surface area (Å²) in [5, 5.41) is -0.241. The fraction of sp³-hybridized carbons (Fsp3) is 0.280. The summed E-state index contributed by atoms with van der Waals surface area (Å²) < 4.78 is 37.5. The Morgan fingerprint density at radius 3 is 2.31 bits per heavy atom. The standard InChI is InChI=1S/C25H24N2O7S/c1-15-19(35(31,32)20-12-8-9-13-26-20)14-17(21(28)33-5)25(15)16-10-6-7-11-18(16)27(22(25)29)23(30)34-24(2,3)4/h6-14H,1-5H3/t25-/m1/s1. The first-order valence-corrected chi connectivity index (χ1v) is 12.2. The number of rotatable bonds is 3. The van der Waals surface area contributed by atoms with E-state index in [4.69, 9.17) is 9.47 Å². The summed E-state index contributed by atoms with van der Waals surface area (Å²) in [4.78, 5) is 44.7. The molecular formula is C25H24N2O7S. The molecule has 1 aromatic heterocycles. The van der Waals surface area contributed by atoms with Gasteiger partial charge in [0.25, 0.3) is 5.91 Å². The minimum Gasteiger partial charge on any atom is -0.466 e. The van der Waals surface area contributed by atoms with Crippen LogP contribution in [0.2, 0.25) is 0 Å². The Kier molecular flexibility index (Phi) is 5.67. The molecule has 0 saturated heterocycles. The minimum atomic E-state index is -4.22. The normalized spacial score (nSPS) is 19.6. The molecular weight excluding hydrogens is 472 g/mol. The number of fused-ring (bicyclic) bond motifs is 2. The number of pyridine rings is 1. The highest BCUT2D eigenvalue weighted by Crippen LogP contribution is 2.56. The van der Waals surface area contributed by atoms with Crippen LogP contribution in [0, 0.1) is 0 Å². The van der Waals surface area contributed by atoms with Crippen LogP contribution in [0.3, 0.4) is 0 Å². The lowest BCUT2D eigenvalue weighted by atomic mass is 9.72. The zero-order valence-corrected chi connectivity index (χ0v) is 20.7. The molecule has 182 valence electrons. The number of amides is 2. The first kappa shape index (κ1) is 24.3. The van der Waals surface area contributed by atoms with Crippen LogP contribution in [0.5, 0.6) is 0 Å². The second-order valence-electron chi connectivity index (χ2n) is 9.10. The van der Waals surface area contributed by atoms with Crippen molar-refractivity contribution in [3.05, 3.63) is 76.4 Å². The predicted molar refractivity (Wildman–Crippen MR) is 126 cm³/mol. The van der Waals surface area contributed by atoms with Crippen LogP contribution in [0.4, 0.5) is 10.5 Å². The van der Waals surface area contributed by atoms with Crippen molar-refractivity contribution in [1.29, 1.82) is 0 Å². The number of hydrogen-bond donors (Lipinski definition) is 0. The molecule has 2 aliphatic rings. The Bertz CT molecular complexity index is 1420. The zero-order chi connectivity index (χ0) is 25.8. The van der Waals surface area contributed by atoms with Crippen LogP contribution < -0.4 is 4.90 Å². The van der Waals surface area contributed by atoms with E-state index < -0.39 is 38.8 Å². The molecule has 0 bridgehead atoms. The van der Waals surface area contributed by atoms with Crippen molar-refractivity contribution >= 4 is 33.5 Å². The molecule has 0 radical (unpaired) electrons.